The highest BCUT2D eigenvalue weighted by atomic mass is 35.5. The van der Waals surface area contributed by atoms with E-state index in [1.807, 2.05) is 18.7 Å². The standard InChI is InChI=1S/C22H23ClFN5O/c1-13(2)22(30)29-10-7-14(8-11-29)20-18(17-6-9-25-12-26-17)21(28-27-20)15-4-3-5-16(23)19(15)24/h3-6,9,12-14H,7-8,10-11H2,1-2H3,(H,27,28). The fourth-order valence-corrected chi connectivity index (χ4v) is 4.16. The fraction of sp³-hybridized carbons (Fsp3) is 0.364. The lowest BCUT2D eigenvalue weighted by Gasteiger charge is -2.33. The molecule has 1 aliphatic heterocycles. The van der Waals surface area contributed by atoms with Crippen LogP contribution in [-0.4, -0.2) is 44.1 Å². The van der Waals surface area contributed by atoms with Gasteiger partial charge in [0.25, 0.3) is 0 Å². The number of halogens is 2. The van der Waals surface area contributed by atoms with Crippen LogP contribution in [0.5, 0.6) is 0 Å². The van der Waals surface area contributed by atoms with Crippen LogP contribution in [0.25, 0.3) is 22.5 Å². The lowest BCUT2D eigenvalue weighted by Crippen LogP contribution is -2.40. The third-order valence-corrected chi connectivity index (χ3v) is 5.84. The molecule has 30 heavy (non-hydrogen) atoms. The average molecular weight is 428 g/mol. The largest absolute Gasteiger partial charge is 0.342 e. The number of amides is 1. The van der Waals surface area contributed by atoms with Gasteiger partial charge in [-0.05, 0) is 31.0 Å². The highest BCUT2D eigenvalue weighted by Gasteiger charge is 2.30. The SMILES string of the molecule is CC(C)C(=O)N1CCC(c2[nH]nc(-c3cccc(Cl)c3F)c2-c2ccncn2)CC1. The number of rotatable bonds is 4. The Bertz CT molecular complexity index is 1040. The highest BCUT2D eigenvalue weighted by Crippen LogP contribution is 2.40. The molecule has 0 saturated carbocycles. The van der Waals surface area contributed by atoms with E-state index in [1.165, 1.54) is 12.4 Å². The molecular formula is C22H23ClFN5O. The molecule has 3 heterocycles. The van der Waals surface area contributed by atoms with E-state index in [2.05, 4.69) is 20.2 Å². The van der Waals surface area contributed by atoms with Gasteiger partial charge in [-0.3, -0.25) is 9.89 Å². The molecular weight excluding hydrogens is 405 g/mol. The summed E-state index contributed by atoms with van der Waals surface area (Å²) in [5.74, 6) is -0.182. The lowest BCUT2D eigenvalue weighted by molar-refractivity contribution is -0.135. The molecule has 1 aromatic carbocycles. The summed E-state index contributed by atoms with van der Waals surface area (Å²) in [5, 5.41) is 7.64. The monoisotopic (exact) mass is 427 g/mol. The number of carbonyl (C=O) groups excluding carboxylic acids is 1. The predicted molar refractivity (Wildman–Crippen MR) is 113 cm³/mol. The van der Waals surface area contributed by atoms with Crippen molar-refractivity contribution in [2.75, 3.05) is 13.1 Å². The normalized spacial score (nSPS) is 15.0. The predicted octanol–water partition coefficient (Wildman–Crippen LogP) is 4.69. The van der Waals surface area contributed by atoms with Gasteiger partial charge in [0.2, 0.25) is 5.91 Å². The molecule has 2 aromatic heterocycles. The number of aromatic amines is 1. The summed E-state index contributed by atoms with van der Waals surface area (Å²) in [6.07, 6.45) is 4.72. The number of benzene rings is 1. The van der Waals surface area contributed by atoms with E-state index in [1.54, 1.807) is 24.4 Å². The van der Waals surface area contributed by atoms with E-state index in [9.17, 15) is 9.18 Å². The zero-order chi connectivity index (χ0) is 21.3. The Hall–Kier alpha value is -2.80. The van der Waals surface area contributed by atoms with Gasteiger partial charge in [0.15, 0.2) is 5.82 Å². The second-order valence-electron chi connectivity index (χ2n) is 7.81. The Kier molecular flexibility index (Phi) is 5.81. The molecule has 0 aliphatic carbocycles. The fourth-order valence-electron chi connectivity index (χ4n) is 3.98. The van der Waals surface area contributed by atoms with Crippen LogP contribution in [0.4, 0.5) is 4.39 Å². The van der Waals surface area contributed by atoms with Crippen molar-refractivity contribution in [1.29, 1.82) is 0 Å². The lowest BCUT2D eigenvalue weighted by atomic mass is 9.88. The number of hydrogen-bond donors (Lipinski definition) is 1. The topological polar surface area (TPSA) is 74.8 Å². The van der Waals surface area contributed by atoms with Crippen LogP contribution in [0.1, 0.15) is 38.3 Å². The second-order valence-corrected chi connectivity index (χ2v) is 8.22. The summed E-state index contributed by atoms with van der Waals surface area (Å²) in [7, 11) is 0. The molecule has 0 bridgehead atoms. The molecule has 6 nitrogen and oxygen atoms in total. The van der Waals surface area contributed by atoms with Crippen molar-refractivity contribution in [3.05, 3.63) is 53.3 Å². The maximum atomic E-state index is 14.8. The van der Waals surface area contributed by atoms with Gasteiger partial charge in [-0.15, -0.1) is 0 Å². The summed E-state index contributed by atoms with van der Waals surface area (Å²) in [6.45, 7) is 5.21. The van der Waals surface area contributed by atoms with Crippen LogP contribution in [0.15, 0.2) is 36.8 Å². The summed E-state index contributed by atoms with van der Waals surface area (Å²) in [5.41, 5.74) is 3.13. The molecule has 0 spiro atoms. The Labute approximate surface area is 179 Å². The minimum atomic E-state index is -0.509. The Morgan fingerprint density at radius 1 is 1.27 bits per heavy atom. The first kappa shape index (κ1) is 20.5. The molecule has 4 rings (SSSR count). The van der Waals surface area contributed by atoms with Crippen molar-refractivity contribution in [2.24, 2.45) is 5.92 Å². The van der Waals surface area contributed by atoms with Crippen LogP contribution in [0.3, 0.4) is 0 Å². The zero-order valence-electron chi connectivity index (χ0n) is 16.9. The molecule has 156 valence electrons. The van der Waals surface area contributed by atoms with E-state index in [-0.39, 0.29) is 22.8 Å². The highest BCUT2D eigenvalue weighted by molar-refractivity contribution is 6.31. The van der Waals surface area contributed by atoms with Gasteiger partial charge in [0.1, 0.15) is 12.0 Å². The van der Waals surface area contributed by atoms with Crippen LogP contribution >= 0.6 is 11.6 Å². The van der Waals surface area contributed by atoms with E-state index in [0.717, 1.165) is 24.1 Å². The van der Waals surface area contributed by atoms with Gasteiger partial charge in [-0.25, -0.2) is 14.4 Å². The summed E-state index contributed by atoms with van der Waals surface area (Å²) < 4.78 is 14.8. The maximum Gasteiger partial charge on any atom is 0.225 e. The van der Waals surface area contributed by atoms with Crippen LogP contribution < -0.4 is 0 Å². The smallest absolute Gasteiger partial charge is 0.225 e. The van der Waals surface area contributed by atoms with Crippen molar-refractivity contribution in [1.82, 2.24) is 25.1 Å². The van der Waals surface area contributed by atoms with E-state index in [4.69, 9.17) is 11.6 Å². The number of nitrogens with one attached hydrogen (secondary N) is 1. The molecule has 0 atom stereocenters. The number of carbonyl (C=O) groups is 1. The molecule has 1 aliphatic rings. The Balaban J connectivity index is 1.72. The summed E-state index contributed by atoms with van der Waals surface area (Å²) in [6, 6.07) is 6.67. The molecule has 1 N–H and O–H groups in total. The first-order chi connectivity index (χ1) is 14.5. The van der Waals surface area contributed by atoms with Gasteiger partial charge < -0.3 is 4.90 Å². The van der Waals surface area contributed by atoms with Crippen LogP contribution in [0, 0.1) is 11.7 Å². The number of piperidine rings is 1. The van der Waals surface area contributed by atoms with Crippen LogP contribution in [0.2, 0.25) is 5.02 Å². The Morgan fingerprint density at radius 3 is 2.70 bits per heavy atom. The molecule has 1 amide bonds. The second kappa shape index (κ2) is 8.52. The third kappa shape index (κ3) is 3.81. The summed E-state index contributed by atoms with van der Waals surface area (Å²) in [4.78, 5) is 22.6. The van der Waals surface area contributed by atoms with Gasteiger partial charge in [-0.2, -0.15) is 5.10 Å². The van der Waals surface area contributed by atoms with Crippen LogP contribution in [-0.2, 0) is 4.79 Å². The molecule has 8 heteroatoms. The summed E-state index contributed by atoms with van der Waals surface area (Å²) >= 11 is 6.01. The van der Waals surface area contributed by atoms with Crippen molar-refractivity contribution in [3.8, 4) is 22.5 Å². The zero-order valence-corrected chi connectivity index (χ0v) is 17.7. The molecule has 3 aromatic rings. The minimum Gasteiger partial charge on any atom is -0.342 e. The average Bonchev–Trinajstić information content (AvgIpc) is 3.20. The third-order valence-electron chi connectivity index (χ3n) is 5.55. The van der Waals surface area contributed by atoms with E-state index in [0.29, 0.717) is 30.0 Å². The maximum absolute atomic E-state index is 14.8. The van der Waals surface area contributed by atoms with E-state index < -0.39 is 5.82 Å². The first-order valence-corrected chi connectivity index (χ1v) is 10.4. The van der Waals surface area contributed by atoms with Crippen molar-refractivity contribution in [3.63, 3.8) is 0 Å². The molecule has 1 saturated heterocycles. The molecule has 1 fully saturated rings. The molecule has 0 unspecified atom stereocenters. The number of aromatic nitrogens is 4. The van der Waals surface area contributed by atoms with Gasteiger partial charge in [-0.1, -0.05) is 31.5 Å². The quantitative estimate of drug-likeness (QED) is 0.655. The van der Waals surface area contributed by atoms with E-state index >= 15 is 0 Å². The van der Waals surface area contributed by atoms with Crippen molar-refractivity contribution < 1.29 is 9.18 Å². The van der Waals surface area contributed by atoms with Gasteiger partial charge in [0.05, 0.1) is 10.7 Å². The van der Waals surface area contributed by atoms with Gasteiger partial charge >= 0.3 is 0 Å². The number of H-pyrrole nitrogens is 1. The minimum absolute atomic E-state index is 0.0114. The van der Waals surface area contributed by atoms with Crippen molar-refractivity contribution >= 4 is 17.5 Å². The first-order valence-electron chi connectivity index (χ1n) is 10.0. The number of nitrogens with zero attached hydrogens (tertiary/aromatic N) is 4. The van der Waals surface area contributed by atoms with Crippen molar-refractivity contribution in [2.45, 2.75) is 32.6 Å². The van der Waals surface area contributed by atoms with Gasteiger partial charge in [0, 0.05) is 47.9 Å². The Morgan fingerprint density at radius 2 is 2.03 bits per heavy atom. The number of likely N-dealkylation sites (tertiary alicyclic amines) is 1. The number of hydrogen-bond acceptors (Lipinski definition) is 4. The molecule has 0 radical (unpaired) electrons.